The van der Waals surface area contributed by atoms with Crippen LogP contribution in [-0.2, 0) is 37.1 Å². The molecule has 278 valence electrons. The third-order valence-corrected chi connectivity index (χ3v) is 10.6. The average molecular weight is 751 g/mol. The molecule has 5 heterocycles. The molecule has 1 fully saturated rings. The lowest BCUT2D eigenvalue weighted by atomic mass is 10.0. The van der Waals surface area contributed by atoms with Gasteiger partial charge in [-0.25, -0.2) is 0 Å². The Morgan fingerprint density at radius 1 is 1.00 bits per heavy atom. The molecule has 1 aromatic carbocycles. The third-order valence-electron chi connectivity index (χ3n) is 8.30. The second kappa shape index (κ2) is 16.5. The molecule has 0 bridgehead atoms. The van der Waals surface area contributed by atoms with Gasteiger partial charge < -0.3 is 33.6 Å². The highest BCUT2D eigenvalue weighted by Gasteiger charge is 2.22. The summed E-state index contributed by atoms with van der Waals surface area (Å²) < 4.78 is 59.5. The van der Waals surface area contributed by atoms with Crippen LogP contribution in [0.2, 0.25) is 25.7 Å². The van der Waals surface area contributed by atoms with Crippen LogP contribution in [0, 0.1) is 0 Å². The normalized spacial score (nSPS) is 15.2. The molecule has 0 amide bonds. The van der Waals surface area contributed by atoms with E-state index in [0.717, 1.165) is 64.5 Å². The molecule has 1 N–H and O–H groups in total. The Labute approximate surface area is 304 Å². The standard InChI is InChI=1S/C36H46N6O8SSi/c1-37-36-40-34-33(35(41-36)48-23-25-16-28(20-38-19-25)46-12-13-49-51(2,43)44)30(22-42(34)24-45-14-15-52(3,4)5)26-9-10-31-27(17-26)18-29(21-39-31)50-32-8-6-7-11-47-32/h9-10,16-22,32H,6-8,11-15,23-24H2,1-5H3,(H,37,40,41). The fourth-order valence-electron chi connectivity index (χ4n) is 5.65. The smallest absolute Gasteiger partial charge is 0.264 e. The lowest BCUT2D eigenvalue weighted by molar-refractivity contribution is -0.106. The van der Waals surface area contributed by atoms with E-state index in [2.05, 4.69) is 41.0 Å². The van der Waals surface area contributed by atoms with Gasteiger partial charge in [-0.1, -0.05) is 25.7 Å². The molecule has 0 spiro atoms. The monoisotopic (exact) mass is 750 g/mol. The number of benzene rings is 1. The number of hydrogen-bond acceptors (Lipinski definition) is 13. The van der Waals surface area contributed by atoms with E-state index in [4.69, 9.17) is 37.8 Å². The van der Waals surface area contributed by atoms with Crippen molar-refractivity contribution in [1.29, 1.82) is 0 Å². The highest BCUT2D eigenvalue weighted by atomic mass is 32.2. The van der Waals surface area contributed by atoms with E-state index in [-0.39, 0.29) is 26.1 Å². The number of nitrogens with zero attached hydrogens (tertiary/aromatic N) is 5. The second-order valence-electron chi connectivity index (χ2n) is 13.8. The maximum Gasteiger partial charge on any atom is 0.264 e. The molecule has 5 aromatic rings. The fourth-order valence-corrected chi connectivity index (χ4v) is 6.77. The van der Waals surface area contributed by atoms with Gasteiger partial charge in [-0.2, -0.15) is 18.4 Å². The topological polar surface area (TPSA) is 158 Å². The van der Waals surface area contributed by atoms with Crippen molar-refractivity contribution >= 4 is 46.1 Å². The first-order chi connectivity index (χ1) is 24.9. The Balaban J connectivity index is 1.32. The van der Waals surface area contributed by atoms with Crippen LogP contribution in [0.15, 0.2) is 55.1 Å². The summed E-state index contributed by atoms with van der Waals surface area (Å²) in [6.45, 7) is 8.69. The summed E-state index contributed by atoms with van der Waals surface area (Å²) in [6.07, 6.45) is 10.7. The molecule has 1 atom stereocenters. The van der Waals surface area contributed by atoms with Crippen LogP contribution in [0.4, 0.5) is 5.95 Å². The molecular weight excluding hydrogens is 705 g/mol. The highest BCUT2D eigenvalue weighted by Crippen LogP contribution is 2.38. The number of anilines is 1. The molecule has 6 rings (SSSR count). The minimum Gasteiger partial charge on any atom is -0.490 e. The van der Waals surface area contributed by atoms with E-state index >= 15 is 0 Å². The molecule has 1 saturated heterocycles. The molecule has 4 aromatic heterocycles. The van der Waals surface area contributed by atoms with Gasteiger partial charge in [0.25, 0.3) is 10.1 Å². The molecule has 0 saturated carbocycles. The Bertz CT molecular complexity index is 2100. The van der Waals surface area contributed by atoms with Crippen LogP contribution in [0.25, 0.3) is 33.1 Å². The zero-order chi connectivity index (χ0) is 36.7. The molecule has 0 radical (unpaired) electrons. The molecular formula is C36H46N6O8SSi. The number of aromatic nitrogens is 5. The van der Waals surface area contributed by atoms with Crippen LogP contribution in [0.3, 0.4) is 0 Å². The molecule has 52 heavy (non-hydrogen) atoms. The summed E-state index contributed by atoms with van der Waals surface area (Å²) in [7, 11) is -3.09. The summed E-state index contributed by atoms with van der Waals surface area (Å²) in [4.78, 5) is 18.5. The summed E-state index contributed by atoms with van der Waals surface area (Å²) in [6, 6.07) is 10.9. The Morgan fingerprint density at radius 3 is 2.63 bits per heavy atom. The van der Waals surface area contributed by atoms with E-state index in [1.54, 1.807) is 31.7 Å². The SMILES string of the molecule is CNc1nc(OCc2cncc(OCCOS(C)(=O)=O)c2)c2c(-c3ccc4ncc(OC5CCCCO5)cc4c3)cn(COCC[Si](C)(C)C)c2n1. The largest absolute Gasteiger partial charge is 0.490 e. The van der Waals surface area contributed by atoms with Gasteiger partial charge in [0.2, 0.25) is 11.8 Å². The van der Waals surface area contributed by atoms with Crippen molar-refractivity contribution < 1.29 is 36.3 Å². The number of hydrogen-bond donors (Lipinski definition) is 1. The van der Waals surface area contributed by atoms with Gasteiger partial charge in [0, 0.05) is 57.1 Å². The predicted octanol–water partition coefficient (Wildman–Crippen LogP) is 6.23. The quantitative estimate of drug-likeness (QED) is 0.0648. The molecule has 1 unspecified atom stereocenters. The van der Waals surface area contributed by atoms with Gasteiger partial charge in [0.05, 0.1) is 36.2 Å². The Kier molecular flexibility index (Phi) is 11.9. The van der Waals surface area contributed by atoms with E-state index in [0.29, 0.717) is 48.9 Å². The maximum atomic E-state index is 11.3. The molecule has 0 aliphatic carbocycles. The van der Waals surface area contributed by atoms with E-state index < -0.39 is 18.2 Å². The van der Waals surface area contributed by atoms with Crippen molar-refractivity contribution in [2.24, 2.45) is 0 Å². The van der Waals surface area contributed by atoms with Crippen molar-refractivity contribution in [2.75, 3.05) is 45.0 Å². The number of ether oxygens (including phenoxy) is 5. The number of nitrogens with one attached hydrogen (secondary N) is 1. The molecule has 1 aliphatic rings. The number of fused-ring (bicyclic) bond motifs is 2. The second-order valence-corrected chi connectivity index (χ2v) is 21.1. The van der Waals surface area contributed by atoms with Crippen LogP contribution in [0.1, 0.15) is 24.8 Å². The van der Waals surface area contributed by atoms with Crippen LogP contribution < -0.4 is 19.5 Å². The van der Waals surface area contributed by atoms with E-state index in [1.807, 2.05) is 29.0 Å². The zero-order valence-electron chi connectivity index (χ0n) is 30.3. The first kappa shape index (κ1) is 37.4. The van der Waals surface area contributed by atoms with Crippen LogP contribution >= 0.6 is 0 Å². The summed E-state index contributed by atoms with van der Waals surface area (Å²) in [5.74, 6) is 1.88. The number of rotatable bonds is 17. The Morgan fingerprint density at radius 2 is 1.87 bits per heavy atom. The van der Waals surface area contributed by atoms with Crippen molar-refractivity contribution in [3.05, 3.63) is 60.7 Å². The van der Waals surface area contributed by atoms with Crippen molar-refractivity contribution in [3.8, 4) is 28.5 Å². The van der Waals surface area contributed by atoms with Gasteiger partial charge in [-0.05, 0) is 48.7 Å². The highest BCUT2D eigenvalue weighted by molar-refractivity contribution is 7.85. The first-order valence-corrected chi connectivity index (χ1v) is 22.9. The van der Waals surface area contributed by atoms with Gasteiger partial charge in [0.1, 0.15) is 38.1 Å². The first-order valence-electron chi connectivity index (χ1n) is 17.3. The van der Waals surface area contributed by atoms with Crippen molar-refractivity contribution in [2.45, 2.75) is 64.6 Å². The van der Waals surface area contributed by atoms with Gasteiger partial charge >= 0.3 is 0 Å². The summed E-state index contributed by atoms with van der Waals surface area (Å²) >= 11 is 0. The minimum atomic E-state index is -3.56. The van der Waals surface area contributed by atoms with Gasteiger partial charge in [-0.3, -0.25) is 14.2 Å². The van der Waals surface area contributed by atoms with Gasteiger partial charge in [-0.15, -0.1) is 0 Å². The molecule has 14 nitrogen and oxygen atoms in total. The summed E-state index contributed by atoms with van der Waals surface area (Å²) in [5, 5.41) is 4.70. The lowest BCUT2D eigenvalue weighted by Gasteiger charge is -2.23. The zero-order valence-corrected chi connectivity index (χ0v) is 32.1. The van der Waals surface area contributed by atoms with Crippen molar-refractivity contribution in [1.82, 2.24) is 24.5 Å². The van der Waals surface area contributed by atoms with E-state index in [9.17, 15) is 8.42 Å². The van der Waals surface area contributed by atoms with E-state index in [1.165, 1.54) is 0 Å². The Hall–Kier alpha value is -4.35. The van der Waals surface area contributed by atoms with Crippen LogP contribution in [0.5, 0.6) is 17.4 Å². The van der Waals surface area contributed by atoms with Crippen molar-refractivity contribution in [3.63, 3.8) is 0 Å². The predicted molar refractivity (Wildman–Crippen MR) is 201 cm³/mol. The summed E-state index contributed by atoms with van der Waals surface area (Å²) in [5.41, 5.74) is 4.00. The number of pyridine rings is 2. The lowest BCUT2D eigenvalue weighted by Crippen LogP contribution is -2.24. The minimum absolute atomic E-state index is 0.0390. The molecule has 16 heteroatoms. The van der Waals surface area contributed by atoms with Gasteiger partial charge in [0.15, 0.2) is 11.9 Å². The maximum absolute atomic E-state index is 11.3. The third kappa shape index (κ3) is 10.2. The fraction of sp³-hybridized carbons (Fsp3) is 0.444. The molecule has 1 aliphatic heterocycles. The average Bonchev–Trinajstić information content (AvgIpc) is 3.49. The van der Waals surface area contributed by atoms with Crippen LogP contribution in [-0.4, -0.2) is 87.0 Å².